The predicted octanol–water partition coefficient (Wildman–Crippen LogP) is 3.01. The molecule has 2 aromatic rings. The molecule has 2 aromatic carbocycles. The first-order valence-corrected chi connectivity index (χ1v) is 6.56. The summed E-state index contributed by atoms with van der Waals surface area (Å²) in [6, 6.07) is 11.0. The standard InChI is InChI=1S/C16H14O4/c1-18-10-3-5-12-14(7-10)19-8-13-11-4-2-9(17)6-15(11)20-16(12)13/h2-7,13,16-17H,8H2,1H3. The number of phenolic OH excluding ortho intramolecular Hbond substituents is 1. The Kier molecular flexibility index (Phi) is 2.33. The highest BCUT2D eigenvalue weighted by molar-refractivity contribution is 5.52. The minimum Gasteiger partial charge on any atom is -0.508 e. The first kappa shape index (κ1) is 11.5. The van der Waals surface area contributed by atoms with Gasteiger partial charge in [-0.3, -0.25) is 0 Å². The van der Waals surface area contributed by atoms with Crippen LogP contribution in [0.5, 0.6) is 23.0 Å². The van der Waals surface area contributed by atoms with Crippen molar-refractivity contribution in [2.45, 2.75) is 12.0 Å². The Morgan fingerprint density at radius 2 is 1.95 bits per heavy atom. The molecule has 2 aliphatic rings. The van der Waals surface area contributed by atoms with Crippen LogP contribution in [0.25, 0.3) is 0 Å². The maximum atomic E-state index is 9.57. The summed E-state index contributed by atoms with van der Waals surface area (Å²) in [5.74, 6) is 2.72. The normalized spacial score (nSPS) is 22.1. The van der Waals surface area contributed by atoms with Gasteiger partial charge in [-0.15, -0.1) is 0 Å². The third-order valence-corrected chi connectivity index (χ3v) is 3.96. The number of phenols is 1. The van der Waals surface area contributed by atoms with E-state index in [2.05, 4.69) is 0 Å². The zero-order valence-electron chi connectivity index (χ0n) is 11.0. The van der Waals surface area contributed by atoms with Crippen LogP contribution in [0.3, 0.4) is 0 Å². The Hall–Kier alpha value is -2.36. The SMILES string of the molecule is COc1ccc2c(c1)OCC1c3ccc(O)cc3OC21. The minimum absolute atomic E-state index is 0.0542. The van der Waals surface area contributed by atoms with Crippen molar-refractivity contribution < 1.29 is 19.3 Å². The second-order valence-electron chi connectivity index (χ2n) is 5.08. The summed E-state index contributed by atoms with van der Waals surface area (Å²) in [7, 11) is 1.64. The average Bonchev–Trinajstić information content (AvgIpc) is 2.84. The van der Waals surface area contributed by atoms with E-state index in [9.17, 15) is 5.11 Å². The van der Waals surface area contributed by atoms with E-state index in [1.165, 1.54) is 0 Å². The Morgan fingerprint density at radius 3 is 2.80 bits per heavy atom. The van der Waals surface area contributed by atoms with Crippen LogP contribution in [-0.4, -0.2) is 18.8 Å². The lowest BCUT2D eigenvalue weighted by molar-refractivity contribution is 0.139. The van der Waals surface area contributed by atoms with E-state index in [4.69, 9.17) is 14.2 Å². The number of rotatable bonds is 1. The van der Waals surface area contributed by atoms with E-state index >= 15 is 0 Å². The van der Waals surface area contributed by atoms with Gasteiger partial charge < -0.3 is 19.3 Å². The molecule has 4 heteroatoms. The van der Waals surface area contributed by atoms with Crippen LogP contribution in [0.1, 0.15) is 23.1 Å². The molecular weight excluding hydrogens is 256 g/mol. The monoisotopic (exact) mass is 270 g/mol. The molecule has 0 amide bonds. The quantitative estimate of drug-likeness (QED) is 0.865. The fourth-order valence-electron chi connectivity index (χ4n) is 2.95. The zero-order chi connectivity index (χ0) is 13.7. The molecule has 0 aliphatic carbocycles. The highest BCUT2D eigenvalue weighted by Gasteiger charge is 2.40. The van der Waals surface area contributed by atoms with Crippen LogP contribution in [0, 0.1) is 0 Å². The molecule has 0 radical (unpaired) electrons. The maximum absolute atomic E-state index is 9.57. The van der Waals surface area contributed by atoms with E-state index in [1.807, 2.05) is 24.3 Å². The number of hydrogen-bond donors (Lipinski definition) is 1. The largest absolute Gasteiger partial charge is 0.508 e. The van der Waals surface area contributed by atoms with Crippen LogP contribution in [0.15, 0.2) is 36.4 Å². The number of methoxy groups -OCH3 is 1. The molecular formula is C16H14O4. The van der Waals surface area contributed by atoms with E-state index < -0.39 is 0 Å². The molecule has 0 fully saturated rings. The molecule has 4 nitrogen and oxygen atoms in total. The summed E-state index contributed by atoms with van der Waals surface area (Å²) in [5, 5.41) is 9.57. The number of ether oxygens (including phenoxy) is 3. The summed E-state index contributed by atoms with van der Waals surface area (Å²) in [6.45, 7) is 0.572. The highest BCUT2D eigenvalue weighted by atomic mass is 16.5. The number of aromatic hydroxyl groups is 1. The lowest BCUT2D eigenvalue weighted by Gasteiger charge is -2.28. The van der Waals surface area contributed by atoms with Gasteiger partial charge in [0.2, 0.25) is 0 Å². The fourth-order valence-corrected chi connectivity index (χ4v) is 2.95. The van der Waals surface area contributed by atoms with Gasteiger partial charge in [-0.1, -0.05) is 6.07 Å². The van der Waals surface area contributed by atoms with Gasteiger partial charge in [0, 0.05) is 23.3 Å². The number of fused-ring (bicyclic) bond motifs is 5. The van der Waals surface area contributed by atoms with Crippen molar-refractivity contribution in [2.24, 2.45) is 0 Å². The lowest BCUT2D eigenvalue weighted by Crippen LogP contribution is -2.23. The van der Waals surface area contributed by atoms with Crippen LogP contribution in [0.4, 0.5) is 0 Å². The molecule has 4 rings (SSSR count). The van der Waals surface area contributed by atoms with Gasteiger partial charge in [0.25, 0.3) is 0 Å². The van der Waals surface area contributed by atoms with Crippen LogP contribution in [0.2, 0.25) is 0 Å². The summed E-state index contributed by atoms with van der Waals surface area (Å²) < 4.78 is 17.1. The van der Waals surface area contributed by atoms with Gasteiger partial charge in [-0.2, -0.15) is 0 Å². The van der Waals surface area contributed by atoms with Gasteiger partial charge in [0.15, 0.2) is 0 Å². The molecule has 0 aromatic heterocycles. The predicted molar refractivity (Wildman–Crippen MR) is 72.7 cm³/mol. The molecule has 0 saturated carbocycles. The Labute approximate surface area is 116 Å². The van der Waals surface area contributed by atoms with Crippen molar-refractivity contribution >= 4 is 0 Å². The molecule has 0 saturated heterocycles. The summed E-state index contributed by atoms with van der Waals surface area (Å²) in [6.07, 6.45) is -0.0542. The molecule has 2 aliphatic heterocycles. The average molecular weight is 270 g/mol. The van der Waals surface area contributed by atoms with E-state index in [1.54, 1.807) is 19.2 Å². The Morgan fingerprint density at radius 1 is 1.10 bits per heavy atom. The van der Waals surface area contributed by atoms with Gasteiger partial charge in [0.05, 0.1) is 19.6 Å². The van der Waals surface area contributed by atoms with Crippen LogP contribution < -0.4 is 14.2 Å². The highest BCUT2D eigenvalue weighted by Crippen LogP contribution is 2.51. The van der Waals surface area contributed by atoms with Crippen molar-refractivity contribution in [3.05, 3.63) is 47.5 Å². The molecule has 2 unspecified atom stereocenters. The van der Waals surface area contributed by atoms with Crippen molar-refractivity contribution in [3.63, 3.8) is 0 Å². The van der Waals surface area contributed by atoms with Gasteiger partial charge in [0.1, 0.15) is 29.1 Å². The van der Waals surface area contributed by atoms with Gasteiger partial charge in [-0.05, 0) is 18.2 Å². The smallest absolute Gasteiger partial charge is 0.138 e. The first-order chi connectivity index (χ1) is 9.76. The van der Waals surface area contributed by atoms with E-state index in [0.717, 1.165) is 28.4 Å². The summed E-state index contributed by atoms with van der Waals surface area (Å²) in [4.78, 5) is 0. The van der Waals surface area contributed by atoms with Crippen molar-refractivity contribution in [1.82, 2.24) is 0 Å². The number of benzene rings is 2. The van der Waals surface area contributed by atoms with Gasteiger partial charge in [-0.25, -0.2) is 0 Å². The minimum atomic E-state index is -0.0542. The molecule has 20 heavy (non-hydrogen) atoms. The maximum Gasteiger partial charge on any atom is 0.138 e. The van der Waals surface area contributed by atoms with Crippen molar-refractivity contribution in [2.75, 3.05) is 13.7 Å². The second-order valence-corrected chi connectivity index (χ2v) is 5.08. The first-order valence-electron chi connectivity index (χ1n) is 6.56. The zero-order valence-corrected chi connectivity index (χ0v) is 11.0. The number of hydrogen-bond acceptors (Lipinski definition) is 4. The van der Waals surface area contributed by atoms with E-state index in [0.29, 0.717) is 6.61 Å². The fraction of sp³-hybridized carbons (Fsp3) is 0.250. The summed E-state index contributed by atoms with van der Waals surface area (Å²) >= 11 is 0. The Bertz CT molecular complexity index is 680. The molecule has 1 N–H and O–H groups in total. The van der Waals surface area contributed by atoms with Crippen LogP contribution in [-0.2, 0) is 0 Å². The molecule has 2 heterocycles. The third kappa shape index (κ3) is 1.54. The molecule has 2 atom stereocenters. The lowest BCUT2D eigenvalue weighted by atomic mass is 9.89. The third-order valence-electron chi connectivity index (χ3n) is 3.96. The second kappa shape index (κ2) is 4.07. The van der Waals surface area contributed by atoms with Crippen LogP contribution >= 0.6 is 0 Å². The molecule has 0 spiro atoms. The molecule has 102 valence electrons. The van der Waals surface area contributed by atoms with Gasteiger partial charge >= 0.3 is 0 Å². The Balaban J connectivity index is 1.77. The van der Waals surface area contributed by atoms with E-state index in [-0.39, 0.29) is 17.8 Å². The topological polar surface area (TPSA) is 47.9 Å². The van der Waals surface area contributed by atoms with Crippen molar-refractivity contribution in [1.29, 1.82) is 0 Å². The van der Waals surface area contributed by atoms with Crippen molar-refractivity contribution in [3.8, 4) is 23.0 Å². The summed E-state index contributed by atoms with van der Waals surface area (Å²) in [5.41, 5.74) is 2.12. The molecule has 0 bridgehead atoms.